The number of piperazine rings is 1. The molecule has 0 atom stereocenters. The van der Waals surface area contributed by atoms with E-state index in [1.165, 1.54) is 4.31 Å². The Morgan fingerprint density at radius 3 is 2.24 bits per heavy atom. The zero-order valence-corrected chi connectivity index (χ0v) is 18.5. The Morgan fingerprint density at radius 1 is 0.909 bits per heavy atom. The Morgan fingerprint density at radius 2 is 1.61 bits per heavy atom. The number of aromatic nitrogens is 2. The molecule has 1 aromatic heterocycles. The normalized spacial score (nSPS) is 17.3. The SMILES string of the molecule is O=C(c1cc(C2CC2)nn1-c1ccccc1)N1CCN(S(=O)(=O)c2ccc(F)c(F)c2)CC1. The van der Waals surface area contributed by atoms with E-state index in [2.05, 4.69) is 5.10 Å². The van der Waals surface area contributed by atoms with Crippen LogP contribution in [0.3, 0.4) is 0 Å². The van der Waals surface area contributed by atoms with E-state index < -0.39 is 21.7 Å². The van der Waals surface area contributed by atoms with Crippen LogP contribution >= 0.6 is 0 Å². The van der Waals surface area contributed by atoms with Gasteiger partial charge in [-0.2, -0.15) is 9.40 Å². The zero-order chi connectivity index (χ0) is 23.2. The van der Waals surface area contributed by atoms with Crippen LogP contribution in [0.2, 0.25) is 0 Å². The molecule has 1 saturated heterocycles. The molecule has 5 rings (SSSR count). The molecule has 33 heavy (non-hydrogen) atoms. The number of carbonyl (C=O) groups is 1. The van der Waals surface area contributed by atoms with Crippen LogP contribution in [0.5, 0.6) is 0 Å². The van der Waals surface area contributed by atoms with Crippen LogP contribution in [0.1, 0.15) is 34.9 Å². The maximum absolute atomic E-state index is 13.6. The highest BCUT2D eigenvalue weighted by Gasteiger charge is 2.34. The number of amides is 1. The molecule has 7 nitrogen and oxygen atoms in total. The van der Waals surface area contributed by atoms with E-state index >= 15 is 0 Å². The second-order valence-electron chi connectivity index (χ2n) is 8.25. The van der Waals surface area contributed by atoms with Crippen LogP contribution in [0.25, 0.3) is 5.69 Å². The average molecular weight is 473 g/mol. The molecule has 0 unspecified atom stereocenters. The van der Waals surface area contributed by atoms with Crippen molar-refractivity contribution in [3.63, 3.8) is 0 Å². The quantitative estimate of drug-likeness (QED) is 0.572. The molecule has 2 aliphatic rings. The molecule has 0 N–H and O–H groups in total. The van der Waals surface area contributed by atoms with E-state index in [4.69, 9.17) is 0 Å². The van der Waals surface area contributed by atoms with Crippen molar-refractivity contribution in [3.05, 3.63) is 77.6 Å². The third-order valence-electron chi connectivity index (χ3n) is 6.00. The molecular weight excluding hydrogens is 450 g/mol. The Hall–Kier alpha value is -3.11. The Bertz CT molecular complexity index is 1300. The molecule has 172 valence electrons. The summed E-state index contributed by atoms with van der Waals surface area (Å²) < 4.78 is 55.3. The lowest BCUT2D eigenvalue weighted by Crippen LogP contribution is -2.50. The summed E-state index contributed by atoms with van der Waals surface area (Å²) >= 11 is 0. The monoisotopic (exact) mass is 472 g/mol. The predicted molar refractivity (Wildman–Crippen MR) is 117 cm³/mol. The summed E-state index contributed by atoms with van der Waals surface area (Å²) in [4.78, 5) is 14.7. The maximum Gasteiger partial charge on any atom is 0.272 e. The number of nitrogens with zero attached hydrogens (tertiary/aromatic N) is 4. The van der Waals surface area contributed by atoms with Gasteiger partial charge in [0.25, 0.3) is 5.91 Å². The lowest BCUT2D eigenvalue weighted by molar-refractivity contribution is 0.0688. The third-order valence-corrected chi connectivity index (χ3v) is 7.89. The van der Waals surface area contributed by atoms with Crippen molar-refractivity contribution >= 4 is 15.9 Å². The van der Waals surface area contributed by atoms with E-state index in [1.807, 2.05) is 36.4 Å². The number of para-hydroxylation sites is 1. The first kappa shape index (κ1) is 21.7. The topological polar surface area (TPSA) is 75.5 Å². The number of carbonyl (C=O) groups excluding carboxylic acids is 1. The minimum atomic E-state index is -3.99. The summed E-state index contributed by atoms with van der Waals surface area (Å²) in [5, 5.41) is 4.66. The highest BCUT2D eigenvalue weighted by Crippen LogP contribution is 2.40. The highest BCUT2D eigenvalue weighted by molar-refractivity contribution is 7.89. The zero-order valence-electron chi connectivity index (χ0n) is 17.7. The molecule has 10 heteroatoms. The first-order valence-electron chi connectivity index (χ1n) is 10.7. The molecule has 2 fully saturated rings. The molecule has 1 saturated carbocycles. The van der Waals surface area contributed by atoms with Gasteiger partial charge in [-0.1, -0.05) is 18.2 Å². The van der Waals surface area contributed by atoms with Crippen LogP contribution in [0.15, 0.2) is 59.5 Å². The van der Waals surface area contributed by atoms with Gasteiger partial charge >= 0.3 is 0 Å². The summed E-state index contributed by atoms with van der Waals surface area (Å²) in [7, 11) is -3.99. The van der Waals surface area contributed by atoms with Gasteiger partial charge in [-0.05, 0) is 49.2 Å². The van der Waals surface area contributed by atoms with Crippen LogP contribution in [0.4, 0.5) is 8.78 Å². The molecule has 0 radical (unpaired) electrons. The van der Waals surface area contributed by atoms with E-state index in [-0.39, 0.29) is 37.0 Å². The fourth-order valence-corrected chi connectivity index (χ4v) is 5.41. The van der Waals surface area contributed by atoms with Gasteiger partial charge in [0.15, 0.2) is 11.6 Å². The van der Waals surface area contributed by atoms with Crippen molar-refractivity contribution in [1.82, 2.24) is 19.0 Å². The summed E-state index contributed by atoms with van der Waals surface area (Å²) in [6.45, 7) is 0.477. The van der Waals surface area contributed by atoms with Crippen LogP contribution in [0, 0.1) is 11.6 Å². The number of halogens is 2. The van der Waals surface area contributed by atoms with E-state index in [1.54, 1.807) is 9.58 Å². The van der Waals surface area contributed by atoms with Crippen molar-refractivity contribution in [1.29, 1.82) is 0 Å². The van der Waals surface area contributed by atoms with Gasteiger partial charge in [-0.3, -0.25) is 4.79 Å². The minimum Gasteiger partial charge on any atom is -0.335 e. The van der Waals surface area contributed by atoms with Gasteiger partial charge in [-0.25, -0.2) is 21.9 Å². The summed E-state index contributed by atoms with van der Waals surface area (Å²) in [5.74, 6) is -2.17. The smallest absolute Gasteiger partial charge is 0.272 e. The predicted octanol–water partition coefficient (Wildman–Crippen LogP) is 3.17. The molecule has 1 amide bonds. The summed E-state index contributed by atoms with van der Waals surface area (Å²) in [6, 6.07) is 13.8. The van der Waals surface area contributed by atoms with Crippen LogP contribution < -0.4 is 0 Å². The van der Waals surface area contributed by atoms with E-state index in [9.17, 15) is 22.0 Å². The largest absolute Gasteiger partial charge is 0.335 e. The lowest BCUT2D eigenvalue weighted by atomic mass is 10.2. The molecule has 0 spiro atoms. The van der Waals surface area contributed by atoms with Crippen molar-refractivity contribution in [2.45, 2.75) is 23.7 Å². The number of hydrogen-bond donors (Lipinski definition) is 0. The lowest BCUT2D eigenvalue weighted by Gasteiger charge is -2.34. The Kier molecular flexibility index (Phi) is 5.49. The number of hydrogen-bond acceptors (Lipinski definition) is 4. The summed E-state index contributed by atoms with van der Waals surface area (Å²) in [6.07, 6.45) is 2.11. The van der Waals surface area contributed by atoms with Crippen molar-refractivity contribution in [2.24, 2.45) is 0 Å². The molecule has 2 heterocycles. The minimum absolute atomic E-state index is 0.0576. The van der Waals surface area contributed by atoms with E-state index in [0.29, 0.717) is 17.7 Å². The highest BCUT2D eigenvalue weighted by atomic mass is 32.2. The standard InChI is InChI=1S/C23H22F2N4O3S/c24-19-9-8-18(14-20(19)25)33(31,32)28-12-10-27(11-13-28)23(30)22-15-21(16-6-7-16)26-29(22)17-4-2-1-3-5-17/h1-5,8-9,14-16H,6-7,10-13H2. The summed E-state index contributed by atoms with van der Waals surface area (Å²) in [5.41, 5.74) is 2.12. The van der Waals surface area contributed by atoms with Crippen LogP contribution in [-0.4, -0.2) is 59.5 Å². The van der Waals surface area contributed by atoms with Gasteiger partial charge in [0.05, 0.1) is 16.3 Å². The number of benzene rings is 2. The third kappa shape index (κ3) is 4.16. The van der Waals surface area contributed by atoms with Crippen molar-refractivity contribution in [3.8, 4) is 5.69 Å². The molecule has 0 bridgehead atoms. The van der Waals surface area contributed by atoms with Crippen molar-refractivity contribution < 1.29 is 22.0 Å². The Labute approximate surface area is 190 Å². The van der Waals surface area contributed by atoms with E-state index in [0.717, 1.165) is 36.4 Å². The Balaban J connectivity index is 1.34. The fraction of sp³-hybridized carbons (Fsp3) is 0.304. The second-order valence-corrected chi connectivity index (χ2v) is 10.2. The molecule has 2 aromatic carbocycles. The van der Waals surface area contributed by atoms with Gasteiger partial charge in [0, 0.05) is 32.1 Å². The first-order chi connectivity index (χ1) is 15.8. The van der Waals surface area contributed by atoms with Crippen molar-refractivity contribution in [2.75, 3.05) is 26.2 Å². The fourth-order valence-electron chi connectivity index (χ4n) is 3.98. The number of sulfonamides is 1. The molecule has 1 aliphatic heterocycles. The number of rotatable bonds is 5. The first-order valence-corrected chi connectivity index (χ1v) is 12.2. The van der Waals surface area contributed by atoms with Gasteiger partial charge in [0.2, 0.25) is 10.0 Å². The van der Waals surface area contributed by atoms with Gasteiger partial charge < -0.3 is 4.90 Å². The maximum atomic E-state index is 13.6. The molecule has 3 aromatic rings. The molecule has 1 aliphatic carbocycles. The van der Waals surface area contributed by atoms with Crippen LogP contribution in [-0.2, 0) is 10.0 Å². The van der Waals surface area contributed by atoms with Gasteiger partial charge in [-0.15, -0.1) is 0 Å². The second kappa shape index (κ2) is 8.35. The van der Waals surface area contributed by atoms with Gasteiger partial charge in [0.1, 0.15) is 5.69 Å². The molecular formula is C23H22F2N4O3S. The average Bonchev–Trinajstić information content (AvgIpc) is 3.59.